The molecule has 1 fully saturated rings. The predicted molar refractivity (Wildman–Crippen MR) is 121 cm³/mol. The normalized spacial score (nSPS) is 17.7. The molecule has 1 heterocycles. The van der Waals surface area contributed by atoms with Crippen LogP contribution < -0.4 is 10.6 Å². The smallest absolute Gasteiger partial charge is 0.191 e. The van der Waals surface area contributed by atoms with Crippen LogP contribution in [0.2, 0.25) is 0 Å². The molecule has 1 aliphatic rings. The Morgan fingerprint density at radius 3 is 2.63 bits per heavy atom. The van der Waals surface area contributed by atoms with Gasteiger partial charge < -0.3 is 15.4 Å². The van der Waals surface area contributed by atoms with E-state index in [0.29, 0.717) is 11.5 Å². The summed E-state index contributed by atoms with van der Waals surface area (Å²) >= 11 is 0. The van der Waals surface area contributed by atoms with Crippen molar-refractivity contribution < 1.29 is 9.13 Å². The third-order valence-corrected chi connectivity index (χ3v) is 4.63. The van der Waals surface area contributed by atoms with Crippen molar-refractivity contribution in [1.29, 1.82) is 0 Å². The highest BCUT2D eigenvalue weighted by molar-refractivity contribution is 14.0. The Morgan fingerprint density at radius 2 is 2.00 bits per heavy atom. The first-order valence-corrected chi connectivity index (χ1v) is 9.60. The molecular weight excluding hydrogens is 458 g/mol. The lowest BCUT2D eigenvalue weighted by atomic mass is 10.1. The predicted octanol–water partition coefficient (Wildman–Crippen LogP) is 3.34. The van der Waals surface area contributed by atoms with Crippen molar-refractivity contribution in [2.24, 2.45) is 10.9 Å². The molecule has 1 aromatic rings. The van der Waals surface area contributed by atoms with Crippen molar-refractivity contribution >= 4 is 29.9 Å². The number of guanidine groups is 1. The van der Waals surface area contributed by atoms with E-state index in [1.807, 2.05) is 26.0 Å². The Balaban J connectivity index is 0.00000364. The van der Waals surface area contributed by atoms with Crippen LogP contribution in [0.1, 0.15) is 37.9 Å². The fourth-order valence-electron chi connectivity index (χ4n) is 3.02. The van der Waals surface area contributed by atoms with Crippen LogP contribution in [0.15, 0.2) is 23.2 Å². The molecule has 0 radical (unpaired) electrons. The minimum Gasteiger partial charge on any atom is -0.379 e. The zero-order valence-corrected chi connectivity index (χ0v) is 19.3. The monoisotopic (exact) mass is 492 g/mol. The molecule has 2 rings (SSSR count). The highest BCUT2D eigenvalue weighted by Crippen LogP contribution is 2.16. The minimum absolute atomic E-state index is 0. The average Bonchev–Trinajstić information content (AvgIpc) is 2.63. The molecule has 1 saturated heterocycles. The largest absolute Gasteiger partial charge is 0.379 e. The molecule has 154 valence electrons. The van der Waals surface area contributed by atoms with Gasteiger partial charge in [-0.15, -0.1) is 24.0 Å². The van der Waals surface area contributed by atoms with Crippen LogP contribution in [0.25, 0.3) is 0 Å². The summed E-state index contributed by atoms with van der Waals surface area (Å²) in [5, 5.41) is 6.66. The Labute approximate surface area is 180 Å². The molecule has 0 saturated carbocycles. The number of aliphatic imine (C=N–C) groups is 1. The van der Waals surface area contributed by atoms with Crippen molar-refractivity contribution in [3.05, 3.63) is 35.1 Å². The number of ether oxygens (including phenoxy) is 1. The lowest BCUT2D eigenvalue weighted by Gasteiger charge is -2.28. The Bertz CT molecular complexity index is 593. The first-order valence-electron chi connectivity index (χ1n) is 9.60. The number of benzene rings is 1. The van der Waals surface area contributed by atoms with Gasteiger partial charge in [-0.1, -0.05) is 19.1 Å². The van der Waals surface area contributed by atoms with E-state index >= 15 is 0 Å². The van der Waals surface area contributed by atoms with Crippen LogP contribution in [0, 0.1) is 18.7 Å². The highest BCUT2D eigenvalue weighted by atomic mass is 127. The van der Waals surface area contributed by atoms with Gasteiger partial charge in [0.2, 0.25) is 0 Å². The minimum atomic E-state index is -0.169. The van der Waals surface area contributed by atoms with Crippen molar-refractivity contribution in [3.63, 3.8) is 0 Å². The Kier molecular flexibility index (Phi) is 11.2. The van der Waals surface area contributed by atoms with E-state index < -0.39 is 0 Å². The molecule has 0 bridgehead atoms. The number of nitrogens with one attached hydrogen (secondary N) is 2. The molecular formula is C20H34FIN4O. The van der Waals surface area contributed by atoms with Gasteiger partial charge in [0.1, 0.15) is 5.82 Å². The van der Waals surface area contributed by atoms with E-state index in [9.17, 15) is 4.39 Å². The van der Waals surface area contributed by atoms with Gasteiger partial charge in [-0.05, 0) is 43.9 Å². The van der Waals surface area contributed by atoms with Gasteiger partial charge in [0.15, 0.2) is 5.96 Å². The molecule has 5 nitrogen and oxygen atoms in total. The molecule has 7 heteroatoms. The maximum atomic E-state index is 13.8. The second-order valence-corrected chi connectivity index (χ2v) is 7.11. The van der Waals surface area contributed by atoms with Gasteiger partial charge >= 0.3 is 0 Å². The quantitative estimate of drug-likeness (QED) is 0.349. The fourth-order valence-corrected chi connectivity index (χ4v) is 3.02. The first-order chi connectivity index (χ1) is 12.5. The zero-order chi connectivity index (χ0) is 18.9. The van der Waals surface area contributed by atoms with Crippen LogP contribution in [-0.4, -0.2) is 56.8 Å². The van der Waals surface area contributed by atoms with Gasteiger partial charge in [-0.3, -0.25) is 9.89 Å². The molecule has 0 aromatic heterocycles. The van der Waals surface area contributed by atoms with Gasteiger partial charge in [-0.2, -0.15) is 0 Å². The highest BCUT2D eigenvalue weighted by Gasteiger charge is 2.14. The summed E-state index contributed by atoms with van der Waals surface area (Å²) in [5.74, 6) is 1.07. The number of rotatable bonds is 7. The lowest BCUT2D eigenvalue weighted by molar-refractivity contribution is 0.0323. The van der Waals surface area contributed by atoms with E-state index in [0.717, 1.165) is 57.5 Å². The van der Waals surface area contributed by atoms with E-state index in [4.69, 9.17) is 9.73 Å². The van der Waals surface area contributed by atoms with E-state index in [1.54, 1.807) is 13.0 Å². The molecule has 27 heavy (non-hydrogen) atoms. The van der Waals surface area contributed by atoms with E-state index in [1.165, 1.54) is 0 Å². The van der Waals surface area contributed by atoms with Crippen LogP contribution in [0.5, 0.6) is 0 Å². The summed E-state index contributed by atoms with van der Waals surface area (Å²) in [4.78, 5) is 7.16. The molecule has 1 aromatic carbocycles. The molecule has 1 aliphatic heterocycles. The second-order valence-electron chi connectivity index (χ2n) is 7.11. The van der Waals surface area contributed by atoms with Crippen molar-refractivity contribution in [1.82, 2.24) is 15.5 Å². The molecule has 2 unspecified atom stereocenters. The van der Waals surface area contributed by atoms with E-state index in [-0.39, 0.29) is 35.8 Å². The number of hydrogen-bond acceptors (Lipinski definition) is 3. The number of nitrogens with zero attached hydrogens (tertiary/aromatic N) is 2. The van der Waals surface area contributed by atoms with Crippen LogP contribution >= 0.6 is 24.0 Å². The summed E-state index contributed by atoms with van der Waals surface area (Å²) < 4.78 is 19.2. The number of hydrogen-bond donors (Lipinski definition) is 2. The molecule has 0 spiro atoms. The molecule has 0 amide bonds. The van der Waals surface area contributed by atoms with Gasteiger partial charge in [0.25, 0.3) is 0 Å². The van der Waals surface area contributed by atoms with Crippen molar-refractivity contribution in [3.8, 4) is 0 Å². The number of morpholine rings is 1. The summed E-state index contributed by atoms with van der Waals surface area (Å²) in [5.41, 5.74) is 1.58. The first kappa shape index (κ1) is 24.1. The maximum absolute atomic E-state index is 13.8. The van der Waals surface area contributed by atoms with Gasteiger partial charge in [0.05, 0.1) is 19.3 Å². The zero-order valence-electron chi connectivity index (χ0n) is 16.9. The third-order valence-electron chi connectivity index (χ3n) is 4.63. The van der Waals surface area contributed by atoms with Crippen LogP contribution in [0.4, 0.5) is 4.39 Å². The summed E-state index contributed by atoms with van der Waals surface area (Å²) in [6.07, 6.45) is 0. The standard InChI is InChI=1S/C20H33FN4O.HI/c1-5-22-20(23-13-15(2)14-25-8-10-26-11-9-25)24-17(4)18-7-6-16(3)19(21)12-18;/h6-7,12,15,17H,5,8-11,13-14H2,1-4H3,(H2,22,23,24);1H. The topological polar surface area (TPSA) is 48.9 Å². The summed E-state index contributed by atoms with van der Waals surface area (Å²) in [7, 11) is 0. The Morgan fingerprint density at radius 1 is 1.30 bits per heavy atom. The third kappa shape index (κ3) is 8.31. The van der Waals surface area contributed by atoms with Gasteiger partial charge in [-0.25, -0.2) is 4.39 Å². The number of halogens is 2. The molecule has 0 aliphatic carbocycles. The van der Waals surface area contributed by atoms with Crippen molar-refractivity contribution in [2.75, 3.05) is 45.9 Å². The SMILES string of the molecule is CCNC(=NCC(C)CN1CCOCC1)NC(C)c1ccc(C)c(F)c1.I. The fraction of sp³-hybridized carbons (Fsp3) is 0.650. The van der Waals surface area contributed by atoms with E-state index in [2.05, 4.69) is 22.5 Å². The molecule has 2 N–H and O–H groups in total. The summed E-state index contributed by atoms with van der Waals surface area (Å²) in [6.45, 7) is 14.3. The van der Waals surface area contributed by atoms with Gasteiger partial charge in [0, 0.05) is 32.7 Å². The number of aryl methyl sites for hydroxylation is 1. The maximum Gasteiger partial charge on any atom is 0.191 e. The van der Waals surface area contributed by atoms with Crippen LogP contribution in [0.3, 0.4) is 0 Å². The molecule has 2 atom stereocenters. The second kappa shape index (κ2) is 12.5. The Hall–Kier alpha value is -0.930. The van der Waals surface area contributed by atoms with Crippen molar-refractivity contribution in [2.45, 2.75) is 33.7 Å². The lowest BCUT2D eigenvalue weighted by Crippen LogP contribution is -2.41. The van der Waals surface area contributed by atoms with Crippen LogP contribution in [-0.2, 0) is 4.74 Å². The summed E-state index contributed by atoms with van der Waals surface area (Å²) in [6, 6.07) is 5.35. The average molecular weight is 492 g/mol.